The molecule has 3 heterocycles. The fraction of sp³-hybridized carbons (Fsp3) is 0.250. The van der Waals surface area contributed by atoms with E-state index in [1.807, 2.05) is 54.6 Å². The Balaban J connectivity index is 1.39. The number of nitrogens with one attached hydrogen (secondary N) is 1. The van der Waals surface area contributed by atoms with Crippen LogP contribution in [0.4, 0.5) is 5.69 Å². The molecular formula is C24H23N5O2S. The molecule has 0 spiro atoms. The summed E-state index contributed by atoms with van der Waals surface area (Å²) >= 11 is 1.50. The first-order valence-corrected chi connectivity index (χ1v) is 11.6. The zero-order valence-electron chi connectivity index (χ0n) is 17.9. The molecule has 1 amide bonds. The summed E-state index contributed by atoms with van der Waals surface area (Å²) in [6.45, 7) is 4.27. The first kappa shape index (κ1) is 20.5. The lowest BCUT2D eigenvalue weighted by molar-refractivity contribution is -0.116. The lowest BCUT2D eigenvalue weighted by Crippen LogP contribution is -2.27. The molecule has 1 atom stereocenters. The number of rotatable bonds is 5. The van der Waals surface area contributed by atoms with Gasteiger partial charge in [-0.05, 0) is 35.7 Å². The van der Waals surface area contributed by atoms with Crippen molar-refractivity contribution in [3.63, 3.8) is 0 Å². The highest BCUT2D eigenvalue weighted by Crippen LogP contribution is 2.33. The number of anilines is 1. The highest BCUT2D eigenvalue weighted by atomic mass is 32.2. The summed E-state index contributed by atoms with van der Waals surface area (Å²) in [5, 5.41) is 8.41. The van der Waals surface area contributed by atoms with Crippen LogP contribution in [-0.4, -0.2) is 31.0 Å². The van der Waals surface area contributed by atoms with Gasteiger partial charge in [-0.25, -0.2) is 9.67 Å². The third-order valence-corrected chi connectivity index (χ3v) is 6.75. The molecule has 0 aliphatic carbocycles. The number of para-hydroxylation sites is 1. The molecule has 0 radical (unpaired) electrons. The first-order valence-electron chi connectivity index (χ1n) is 10.6. The minimum Gasteiger partial charge on any atom is -0.326 e. The van der Waals surface area contributed by atoms with Crippen LogP contribution in [0.2, 0.25) is 0 Å². The molecule has 162 valence electrons. The summed E-state index contributed by atoms with van der Waals surface area (Å²) < 4.78 is 3.32. The number of fused-ring (bicyclic) bond motifs is 2. The molecule has 1 aliphatic heterocycles. The number of hydrogen-bond donors (Lipinski definition) is 1. The Morgan fingerprint density at radius 2 is 1.91 bits per heavy atom. The van der Waals surface area contributed by atoms with Gasteiger partial charge in [0.05, 0.1) is 17.9 Å². The molecule has 8 heteroatoms. The van der Waals surface area contributed by atoms with Gasteiger partial charge in [0.2, 0.25) is 5.91 Å². The van der Waals surface area contributed by atoms with Crippen molar-refractivity contribution in [2.24, 2.45) is 0 Å². The summed E-state index contributed by atoms with van der Waals surface area (Å²) in [5.41, 5.74) is 3.21. The van der Waals surface area contributed by atoms with Gasteiger partial charge in [-0.2, -0.15) is 5.10 Å². The van der Waals surface area contributed by atoms with E-state index in [0.717, 1.165) is 11.4 Å². The van der Waals surface area contributed by atoms with Crippen molar-refractivity contribution in [1.29, 1.82) is 0 Å². The van der Waals surface area contributed by atoms with Crippen molar-refractivity contribution in [3.8, 4) is 5.69 Å². The van der Waals surface area contributed by atoms with Crippen molar-refractivity contribution >= 4 is 34.4 Å². The molecule has 0 bridgehead atoms. The minimum atomic E-state index is -0.241. The molecule has 0 unspecified atom stereocenters. The number of carbonyl (C=O) groups is 1. The zero-order valence-corrected chi connectivity index (χ0v) is 18.7. The Labute approximate surface area is 189 Å². The van der Waals surface area contributed by atoms with Crippen LogP contribution >= 0.6 is 11.8 Å². The van der Waals surface area contributed by atoms with Crippen LogP contribution in [0.15, 0.2) is 70.7 Å². The largest absolute Gasteiger partial charge is 0.326 e. The molecule has 2 aromatic heterocycles. The van der Waals surface area contributed by atoms with Crippen molar-refractivity contribution < 1.29 is 4.79 Å². The Kier molecular flexibility index (Phi) is 5.30. The Morgan fingerprint density at radius 1 is 1.16 bits per heavy atom. The highest BCUT2D eigenvalue weighted by Gasteiger charge is 2.29. The maximum Gasteiger partial charge on any atom is 0.265 e. The van der Waals surface area contributed by atoms with Crippen LogP contribution in [0.1, 0.15) is 37.8 Å². The molecule has 4 aromatic rings. The Bertz CT molecular complexity index is 1340. The number of hydrogen-bond acceptors (Lipinski definition) is 5. The van der Waals surface area contributed by atoms with Crippen LogP contribution in [0.5, 0.6) is 0 Å². The molecule has 32 heavy (non-hydrogen) atoms. The third kappa shape index (κ3) is 3.71. The van der Waals surface area contributed by atoms with Gasteiger partial charge in [-0.1, -0.05) is 55.9 Å². The molecule has 7 nitrogen and oxygen atoms in total. The van der Waals surface area contributed by atoms with E-state index in [2.05, 4.69) is 24.3 Å². The van der Waals surface area contributed by atoms with Gasteiger partial charge >= 0.3 is 0 Å². The van der Waals surface area contributed by atoms with Crippen molar-refractivity contribution in [2.75, 3.05) is 11.1 Å². The van der Waals surface area contributed by atoms with E-state index >= 15 is 0 Å². The second kappa shape index (κ2) is 8.27. The second-order valence-corrected chi connectivity index (χ2v) is 9.18. The molecule has 1 N–H and O–H groups in total. The van der Waals surface area contributed by atoms with Crippen LogP contribution < -0.4 is 10.9 Å². The highest BCUT2D eigenvalue weighted by molar-refractivity contribution is 7.99. The van der Waals surface area contributed by atoms with Gasteiger partial charge in [-0.15, -0.1) is 0 Å². The number of aromatic nitrogens is 4. The van der Waals surface area contributed by atoms with Gasteiger partial charge in [0.25, 0.3) is 5.56 Å². The predicted molar refractivity (Wildman–Crippen MR) is 127 cm³/mol. The summed E-state index contributed by atoms with van der Waals surface area (Å²) in [5.74, 6) is 0.954. The standard InChI is InChI=1S/C24H23N5O2S/c1-15(2)16-8-10-17(11-9-16)26-21(30)12-19-14-32-24-27-22-20(23(31)28(19)24)13-25-29(22)18-6-4-3-5-7-18/h3-11,13,15,19H,12,14H2,1-2H3,(H,26,30)/t19-/m1/s1. The van der Waals surface area contributed by atoms with Crippen molar-refractivity contribution in [3.05, 3.63) is 76.7 Å². The summed E-state index contributed by atoms with van der Waals surface area (Å²) in [6, 6.07) is 17.3. The SMILES string of the molecule is CC(C)c1ccc(NC(=O)C[C@@H]2CSc3nc4c(cnn4-c4ccccc4)c(=O)n32)cc1. The van der Waals surface area contributed by atoms with Gasteiger partial charge < -0.3 is 5.32 Å². The molecule has 0 saturated heterocycles. The zero-order chi connectivity index (χ0) is 22.2. The van der Waals surface area contributed by atoms with E-state index in [4.69, 9.17) is 4.98 Å². The van der Waals surface area contributed by atoms with Crippen LogP contribution in [0.3, 0.4) is 0 Å². The normalized spacial score (nSPS) is 15.3. The average Bonchev–Trinajstić information content (AvgIpc) is 3.40. The number of carbonyl (C=O) groups excluding carboxylic acids is 1. The second-order valence-electron chi connectivity index (χ2n) is 8.19. The van der Waals surface area contributed by atoms with E-state index in [0.29, 0.717) is 27.9 Å². The van der Waals surface area contributed by atoms with Gasteiger partial charge in [-0.3, -0.25) is 14.2 Å². The summed E-state index contributed by atoms with van der Waals surface area (Å²) in [4.78, 5) is 30.6. The number of nitrogens with zero attached hydrogens (tertiary/aromatic N) is 4. The van der Waals surface area contributed by atoms with E-state index in [-0.39, 0.29) is 23.9 Å². The van der Waals surface area contributed by atoms with E-state index in [1.165, 1.54) is 17.3 Å². The molecule has 0 saturated carbocycles. The molecule has 2 aromatic carbocycles. The van der Waals surface area contributed by atoms with Crippen LogP contribution in [0, 0.1) is 0 Å². The Hall–Kier alpha value is -3.39. The maximum absolute atomic E-state index is 13.2. The quantitative estimate of drug-likeness (QED) is 0.461. The van der Waals surface area contributed by atoms with E-state index < -0.39 is 0 Å². The fourth-order valence-electron chi connectivity index (χ4n) is 3.92. The first-order chi connectivity index (χ1) is 15.5. The number of thioether (sulfide) groups is 1. The number of amides is 1. The predicted octanol–water partition coefficient (Wildman–Crippen LogP) is 4.38. The third-order valence-electron chi connectivity index (χ3n) is 5.65. The molecule has 1 aliphatic rings. The van der Waals surface area contributed by atoms with Crippen LogP contribution in [-0.2, 0) is 4.79 Å². The topological polar surface area (TPSA) is 81.8 Å². The fourth-order valence-corrected chi connectivity index (χ4v) is 5.05. The van der Waals surface area contributed by atoms with Crippen molar-refractivity contribution in [2.45, 2.75) is 37.4 Å². The average molecular weight is 446 g/mol. The van der Waals surface area contributed by atoms with E-state index in [9.17, 15) is 9.59 Å². The van der Waals surface area contributed by atoms with Crippen LogP contribution in [0.25, 0.3) is 16.7 Å². The summed E-state index contributed by atoms with van der Waals surface area (Å²) in [7, 11) is 0. The maximum atomic E-state index is 13.2. The molecule has 0 fully saturated rings. The van der Waals surface area contributed by atoms with Gasteiger partial charge in [0, 0.05) is 17.9 Å². The molecular weight excluding hydrogens is 422 g/mol. The smallest absolute Gasteiger partial charge is 0.265 e. The minimum absolute atomic E-state index is 0.118. The Morgan fingerprint density at radius 3 is 2.62 bits per heavy atom. The van der Waals surface area contributed by atoms with Gasteiger partial charge in [0.1, 0.15) is 5.39 Å². The van der Waals surface area contributed by atoms with Gasteiger partial charge in [0.15, 0.2) is 10.8 Å². The van der Waals surface area contributed by atoms with E-state index in [1.54, 1.807) is 15.4 Å². The van der Waals surface area contributed by atoms with Crippen molar-refractivity contribution in [1.82, 2.24) is 19.3 Å². The monoisotopic (exact) mass is 445 g/mol. The number of benzene rings is 2. The summed E-state index contributed by atoms with van der Waals surface area (Å²) in [6.07, 6.45) is 1.77. The molecule has 5 rings (SSSR count). The lowest BCUT2D eigenvalue weighted by Gasteiger charge is -2.14. The lowest BCUT2D eigenvalue weighted by atomic mass is 10.0.